The Morgan fingerprint density at radius 3 is 2.27 bits per heavy atom. The summed E-state index contributed by atoms with van der Waals surface area (Å²) in [5.74, 6) is -0.214. The lowest BCUT2D eigenvalue weighted by atomic mass is 10.1. The maximum atomic E-state index is 11.4. The van der Waals surface area contributed by atoms with Crippen molar-refractivity contribution in [1.29, 1.82) is 0 Å². The van der Waals surface area contributed by atoms with Crippen LogP contribution in [0.4, 0.5) is 22.7 Å². The second-order valence-electron chi connectivity index (χ2n) is 5.42. The fraction of sp³-hybridized carbons (Fsp3) is 0. The second-order valence-corrected chi connectivity index (χ2v) is 7.25. The summed E-state index contributed by atoms with van der Waals surface area (Å²) in [6.07, 6.45) is 0. The first-order valence-corrected chi connectivity index (χ1v) is 8.98. The molecule has 0 heterocycles. The van der Waals surface area contributed by atoms with Gasteiger partial charge in [-0.25, -0.2) is 0 Å². The third-order valence-electron chi connectivity index (χ3n) is 3.66. The number of hydrogen-bond donors (Lipinski definition) is 4. The van der Waals surface area contributed by atoms with Crippen molar-refractivity contribution in [3.05, 3.63) is 47.5 Å². The molecule has 0 unspecified atom stereocenters. The van der Waals surface area contributed by atoms with Gasteiger partial charge in [0, 0.05) is 22.5 Å². The Morgan fingerprint density at radius 1 is 0.885 bits per heavy atom. The molecule has 8 nitrogen and oxygen atoms in total. The molecule has 0 radical (unpaired) electrons. The molecular weight excluding hydrogens is 380 g/mol. The minimum absolute atomic E-state index is 0.0834. The van der Waals surface area contributed by atoms with Crippen LogP contribution in [0.5, 0.6) is 5.75 Å². The van der Waals surface area contributed by atoms with Gasteiger partial charge in [0.25, 0.3) is 10.1 Å². The van der Waals surface area contributed by atoms with Crippen LogP contribution in [0.2, 0.25) is 5.02 Å². The van der Waals surface area contributed by atoms with Crippen LogP contribution in [-0.4, -0.2) is 18.1 Å². The highest BCUT2D eigenvalue weighted by molar-refractivity contribution is 7.85. The number of phenols is 1. The average Bonchev–Trinajstić information content (AvgIpc) is 2.57. The van der Waals surface area contributed by atoms with E-state index < -0.39 is 10.1 Å². The van der Waals surface area contributed by atoms with Crippen molar-refractivity contribution >= 4 is 55.2 Å². The van der Waals surface area contributed by atoms with Crippen LogP contribution < -0.4 is 11.5 Å². The number of nitrogens with zero attached hydrogens (tertiary/aromatic N) is 2. The lowest BCUT2D eigenvalue weighted by molar-refractivity contribution is 0.476. The molecule has 3 aromatic rings. The average molecular weight is 393 g/mol. The first-order chi connectivity index (χ1) is 12.2. The summed E-state index contributed by atoms with van der Waals surface area (Å²) in [5, 5.41) is 18.9. The van der Waals surface area contributed by atoms with Crippen molar-refractivity contribution in [2.24, 2.45) is 10.2 Å². The van der Waals surface area contributed by atoms with Gasteiger partial charge in [-0.3, -0.25) is 4.55 Å². The smallest absolute Gasteiger partial charge is 0.294 e. The maximum absolute atomic E-state index is 11.4. The van der Waals surface area contributed by atoms with E-state index in [0.717, 1.165) is 0 Å². The topological polar surface area (TPSA) is 151 Å². The van der Waals surface area contributed by atoms with E-state index >= 15 is 0 Å². The molecule has 6 N–H and O–H groups in total. The molecule has 0 saturated carbocycles. The lowest BCUT2D eigenvalue weighted by Gasteiger charge is -2.07. The third kappa shape index (κ3) is 3.40. The number of nitrogen functional groups attached to an aromatic ring is 2. The predicted octanol–water partition coefficient (Wildman–Crippen LogP) is 4.03. The van der Waals surface area contributed by atoms with Crippen LogP contribution >= 0.6 is 11.6 Å². The van der Waals surface area contributed by atoms with E-state index in [9.17, 15) is 18.1 Å². The molecule has 0 saturated heterocycles. The van der Waals surface area contributed by atoms with Gasteiger partial charge in [0.15, 0.2) is 0 Å². The van der Waals surface area contributed by atoms with Gasteiger partial charge in [-0.2, -0.15) is 8.42 Å². The monoisotopic (exact) mass is 392 g/mol. The van der Waals surface area contributed by atoms with Gasteiger partial charge in [-0.05, 0) is 30.3 Å². The minimum atomic E-state index is -4.39. The zero-order valence-electron chi connectivity index (χ0n) is 13.1. The second kappa shape index (κ2) is 6.45. The Bertz CT molecular complexity index is 1160. The zero-order valence-corrected chi connectivity index (χ0v) is 14.7. The lowest BCUT2D eigenvalue weighted by Crippen LogP contribution is -1.98. The number of rotatable bonds is 3. The van der Waals surface area contributed by atoms with Crippen LogP contribution in [0, 0.1) is 0 Å². The number of hydrogen-bond acceptors (Lipinski definition) is 7. The molecule has 10 heteroatoms. The molecule has 0 amide bonds. The van der Waals surface area contributed by atoms with E-state index in [1.54, 1.807) is 6.07 Å². The number of anilines is 2. The molecule has 0 fully saturated rings. The van der Waals surface area contributed by atoms with Crippen LogP contribution in [-0.2, 0) is 10.1 Å². The molecule has 0 aliphatic rings. The summed E-state index contributed by atoms with van der Waals surface area (Å²) < 4.78 is 32.0. The van der Waals surface area contributed by atoms with E-state index in [4.69, 9.17) is 23.1 Å². The Hall–Kier alpha value is -2.88. The van der Waals surface area contributed by atoms with E-state index in [1.807, 2.05) is 0 Å². The van der Waals surface area contributed by atoms with Crippen LogP contribution in [0.1, 0.15) is 0 Å². The molecule has 3 aromatic carbocycles. The first kappa shape index (κ1) is 17.9. The minimum Gasteiger partial charge on any atom is -0.506 e. The van der Waals surface area contributed by atoms with Gasteiger partial charge in [0.2, 0.25) is 0 Å². The highest BCUT2D eigenvalue weighted by atomic mass is 35.5. The van der Waals surface area contributed by atoms with Crippen LogP contribution in [0.3, 0.4) is 0 Å². The number of phenolic OH excluding ortho intramolecular Hbond substituents is 1. The number of aromatic hydroxyl groups is 1. The highest BCUT2D eigenvalue weighted by Gasteiger charge is 2.13. The molecule has 0 aromatic heterocycles. The fourth-order valence-electron chi connectivity index (χ4n) is 2.34. The standard InChI is InChI=1S/C16H13ClN4O4S/c17-11-6-15(16(22)7-13(11)19)21-20-14-4-3-12(18)9-2-1-8(5-10(9)14)26(23,24)25/h1-7,22H,18-19H2,(H,23,24,25). The number of fused-ring (bicyclic) bond motifs is 1. The summed E-state index contributed by atoms with van der Waals surface area (Å²) in [7, 11) is -4.39. The van der Waals surface area contributed by atoms with E-state index in [1.165, 1.54) is 36.4 Å². The Morgan fingerprint density at radius 2 is 1.58 bits per heavy atom. The SMILES string of the molecule is Nc1cc(O)c(N=Nc2ccc(N)c3ccc(S(=O)(=O)O)cc23)cc1Cl. The van der Waals surface area contributed by atoms with Gasteiger partial charge < -0.3 is 16.6 Å². The molecule has 3 rings (SSSR count). The summed E-state index contributed by atoms with van der Waals surface area (Å²) in [6.45, 7) is 0. The van der Waals surface area contributed by atoms with E-state index in [0.29, 0.717) is 16.5 Å². The zero-order chi connectivity index (χ0) is 19.1. The van der Waals surface area contributed by atoms with E-state index in [2.05, 4.69) is 10.2 Å². The number of azo groups is 1. The fourth-order valence-corrected chi connectivity index (χ4v) is 3.00. The summed E-state index contributed by atoms with van der Waals surface area (Å²) >= 11 is 5.91. The van der Waals surface area contributed by atoms with E-state index in [-0.39, 0.29) is 32.7 Å². The quantitative estimate of drug-likeness (QED) is 0.300. The Kier molecular flexibility index (Phi) is 4.45. The largest absolute Gasteiger partial charge is 0.506 e. The van der Waals surface area contributed by atoms with Crippen LogP contribution in [0.15, 0.2) is 57.6 Å². The summed E-state index contributed by atoms with van der Waals surface area (Å²) in [5.41, 5.74) is 12.4. The molecule has 0 bridgehead atoms. The van der Waals surface area contributed by atoms with Gasteiger partial charge >= 0.3 is 0 Å². The summed E-state index contributed by atoms with van der Waals surface area (Å²) in [6, 6.07) is 9.65. The predicted molar refractivity (Wildman–Crippen MR) is 99.9 cm³/mol. The Balaban J connectivity index is 2.16. The summed E-state index contributed by atoms with van der Waals surface area (Å²) in [4.78, 5) is -0.301. The molecule has 0 atom stereocenters. The molecular formula is C16H13ClN4O4S. The van der Waals surface area contributed by atoms with Gasteiger partial charge in [-0.15, -0.1) is 10.2 Å². The van der Waals surface area contributed by atoms with Crippen molar-refractivity contribution in [1.82, 2.24) is 0 Å². The third-order valence-corrected chi connectivity index (χ3v) is 4.83. The van der Waals surface area contributed by atoms with Gasteiger partial charge in [-0.1, -0.05) is 17.7 Å². The van der Waals surface area contributed by atoms with Crippen molar-refractivity contribution in [2.45, 2.75) is 4.90 Å². The molecule has 134 valence electrons. The molecule has 0 aliphatic carbocycles. The number of halogens is 1. The number of benzene rings is 3. The van der Waals surface area contributed by atoms with Gasteiger partial charge in [0.1, 0.15) is 11.4 Å². The number of nitrogens with two attached hydrogens (primary N) is 2. The van der Waals surface area contributed by atoms with Gasteiger partial charge in [0.05, 0.1) is 21.3 Å². The first-order valence-electron chi connectivity index (χ1n) is 7.16. The van der Waals surface area contributed by atoms with Crippen molar-refractivity contribution in [3.63, 3.8) is 0 Å². The molecule has 0 aliphatic heterocycles. The molecule has 0 spiro atoms. The van der Waals surface area contributed by atoms with Crippen molar-refractivity contribution in [3.8, 4) is 5.75 Å². The van der Waals surface area contributed by atoms with Crippen molar-refractivity contribution in [2.75, 3.05) is 11.5 Å². The Labute approximate surface area is 153 Å². The van der Waals surface area contributed by atoms with Crippen LogP contribution in [0.25, 0.3) is 10.8 Å². The molecule has 26 heavy (non-hydrogen) atoms. The maximum Gasteiger partial charge on any atom is 0.294 e. The van der Waals surface area contributed by atoms with Crippen molar-refractivity contribution < 1.29 is 18.1 Å². The normalized spacial score (nSPS) is 12.1. The highest BCUT2D eigenvalue weighted by Crippen LogP contribution is 2.37.